The number of rotatable bonds is 26. The molecule has 12 heteroatoms. The molecular weight excluding hydrogens is 793 g/mol. The zero-order valence-electron chi connectivity index (χ0n) is 40.5. The van der Waals surface area contributed by atoms with Gasteiger partial charge in [-0.2, -0.15) is 0 Å². The van der Waals surface area contributed by atoms with Crippen LogP contribution in [0.5, 0.6) is 0 Å². The molecule has 0 aromatic carbocycles. The third-order valence-electron chi connectivity index (χ3n) is 14.5. The molecule has 0 amide bonds. The van der Waals surface area contributed by atoms with Gasteiger partial charge in [-0.05, 0) is 74.0 Å². The van der Waals surface area contributed by atoms with Crippen LogP contribution in [0.4, 0.5) is 0 Å². The molecule has 2 saturated heterocycles. The van der Waals surface area contributed by atoms with Crippen LogP contribution in [0.2, 0.25) is 0 Å². The Morgan fingerprint density at radius 1 is 0.710 bits per heavy atom. The summed E-state index contributed by atoms with van der Waals surface area (Å²) in [5, 5.41) is 22.5. The van der Waals surface area contributed by atoms with Gasteiger partial charge in [-0.15, -0.1) is 0 Å². The lowest BCUT2D eigenvalue weighted by atomic mass is 9.60. The van der Waals surface area contributed by atoms with Gasteiger partial charge in [-0.3, -0.25) is 0 Å². The average Bonchev–Trinajstić information content (AvgIpc) is 4.07. The van der Waals surface area contributed by atoms with Gasteiger partial charge in [0.15, 0.2) is 12.6 Å². The molecule has 0 radical (unpaired) electrons. The van der Waals surface area contributed by atoms with Gasteiger partial charge >= 0.3 is 0 Å². The van der Waals surface area contributed by atoms with E-state index in [1.165, 1.54) is 0 Å². The summed E-state index contributed by atoms with van der Waals surface area (Å²) in [5.74, 6) is 1.44. The van der Waals surface area contributed by atoms with Gasteiger partial charge in [0.2, 0.25) is 0 Å². The maximum Gasteiger partial charge on any atom is 0.184 e. The van der Waals surface area contributed by atoms with E-state index in [2.05, 4.69) is 46.8 Å². The Labute approximate surface area is 374 Å². The summed E-state index contributed by atoms with van der Waals surface area (Å²) in [7, 11) is 10.2. The summed E-state index contributed by atoms with van der Waals surface area (Å²) in [5.41, 5.74) is 2.35. The van der Waals surface area contributed by atoms with Gasteiger partial charge in [0, 0.05) is 73.3 Å². The van der Waals surface area contributed by atoms with Gasteiger partial charge < -0.3 is 57.6 Å². The van der Waals surface area contributed by atoms with Gasteiger partial charge in [-0.1, -0.05) is 84.1 Å². The summed E-state index contributed by atoms with van der Waals surface area (Å²) in [4.78, 5) is 0. The van der Waals surface area contributed by atoms with E-state index >= 15 is 0 Å². The highest BCUT2D eigenvalue weighted by atomic mass is 16.7. The smallest absolute Gasteiger partial charge is 0.184 e. The number of allylic oxidation sites excluding steroid dienone is 5. The van der Waals surface area contributed by atoms with E-state index in [0.29, 0.717) is 37.2 Å². The minimum absolute atomic E-state index is 0.00669. The molecule has 0 unspecified atom stereocenters. The number of aliphatic hydroxyl groups is 2. The lowest BCUT2D eigenvalue weighted by molar-refractivity contribution is -0.276. The normalized spacial score (nSPS) is 35.6. The molecule has 0 aromatic heterocycles. The van der Waals surface area contributed by atoms with Crippen molar-refractivity contribution < 1.29 is 57.6 Å². The Morgan fingerprint density at radius 3 is 1.79 bits per heavy atom. The number of methoxy groups -OCH3 is 6. The molecule has 2 N–H and O–H groups in total. The molecule has 0 spiro atoms. The van der Waals surface area contributed by atoms with Crippen molar-refractivity contribution in [1.82, 2.24) is 0 Å². The first kappa shape index (κ1) is 52.8. The zero-order chi connectivity index (χ0) is 45.7. The minimum Gasteiger partial charge on any atom is -0.389 e. The second-order valence-corrected chi connectivity index (χ2v) is 18.4. The summed E-state index contributed by atoms with van der Waals surface area (Å²) in [6, 6.07) is 0. The summed E-state index contributed by atoms with van der Waals surface area (Å²) >= 11 is 0. The molecule has 2 aliphatic heterocycles. The Morgan fingerprint density at radius 2 is 1.23 bits per heavy atom. The Hall–Kier alpha value is -1.78. The molecule has 2 aliphatic carbocycles. The second-order valence-electron chi connectivity index (χ2n) is 18.4. The van der Waals surface area contributed by atoms with Crippen LogP contribution in [0.1, 0.15) is 93.9 Å². The van der Waals surface area contributed by atoms with Crippen molar-refractivity contribution in [2.75, 3.05) is 55.9 Å². The summed E-state index contributed by atoms with van der Waals surface area (Å²) in [6.45, 7) is 17.5. The van der Waals surface area contributed by atoms with Crippen LogP contribution in [0.25, 0.3) is 0 Å². The van der Waals surface area contributed by atoms with Crippen molar-refractivity contribution in [3.05, 3.63) is 59.3 Å². The quantitative estimate of drug-likeness (QED) is 0.0500. The second kappa shape index (κ2) is 25.2. The van der Waals surface area contributed by atoms with Crippen molar-refractivity contribution in [3.63, 3.8) is 0 Å². The van der Waals surface area contributed by atoms with Crippen LogP contribution in [0.15, 0.2) is 59.3 Å². The van der Waals surface area contributed by atoms with Gasteiger partial charge in [0.25, 0.3) is 0 Å². The van der Waals surface area contributed by atoms with E-state index in [-0.39, 0.29) is 73.2 Å². The van der Waals surface area contributed by atoms with Gasteiger partial charge in [-0.25, -0.2) is 0 Å². The predicted octanol–water partition coefficient (Wildman–Crippen LogP) is 7.77. The van der Waals surface area contributed by atoms with Crippen molar-refractivity contribution in [2.24, 2.45) is 35.5 Å². The van der Waals surface area contributed by atoms with Crippen molar-refractivity contribution in [3.8, 4) is 0 Å². The van der Waals surface area contributed by atoms with E-state index in [4.69, 9.17) is 47.4 Å². The SMILES string of the molecule is CC[C@H](OC)[C@@H](C)[C@@H]1C=C1[C@H](O)[C@@H](C)/C=C/C=C(\C)[C@H]1O[C@@H](OC)[C@H](OC)C[C@H]1OCCO[C@@H]1O[C@H](/C(C)=C/C=C/[C@H](C)C2(O)CC([C@H](C)[C@H](CC)OC)C2)[C@@H](OC)C[C@H]1OC. The summed E-state index contributed by atoms with van der Waals surface area (Å²) < 4.78 is 60.3. The maximum atomic E-state index is 11.4. The molecule has 62 heavy (non-hydrogen) atoms. The first-order valence-electron chi connectivity index (χ1n) is 23.2. The van der Waals surface area contributed by atoms with Crippen LogP contribution in [0.3, 0.4) is 0 Å². The summed E-state index contributed by atoms with van der Waals surface area (Å²) in [6.07, 6.45) is 15.8. The van der Waals surface area contributed by atoms with Crippen LogP contribution in [-0.2, 0) is 47.4 Å². The van der Waals surface area contributed by atoms with Gasteiger partial charge in [0.05, 0.1) is 49.3 Å². The van der Waals surface area contributed by atoms with Gasteiger partial charge in [0.1, 0.15) is 24.4 Å². The number of ether oxygens (including phenoxy) is 10. The fourth-order valence-electron chi connectivity index (χ4n) is 9.95. The Bertz CT molecular complexity index is 1480. The zero-order valence-corrected chi connectivity index (χ0v) is 40.5. The van der Waals surface area contributed by atoms with E-state index in [1.54, 1.807) is 42.7 Å². The fourth-order valence-corrected chi connectivity index (χ4v) is 9.95. The van der Waals surface area contributed by atoms with Crippen LogP contribution >= 0.6 is 0 Å². The predicted molar refractivity (Wildman–Crippen MR) is 242 cm³/mol. The van der Waals surface area contributed by atoms with E-state index < -0.39 is 24.3 Å². The lowest BCUT2D eigenvalue weighted by Gasteiger charge is -2.50. The van der Waals surface area contributed by atoms with Crippen molar-refractivity contribution in [2.45, 2.75) is 167 Å². The molecule has 1 saturated carbocycles. The van der Waals surface area contributed by atoms with E-state index in [1.807, 2.05) is 51.2 Å². The molecule has 4 rings (SSSR count). The third-order valence-corrected chi connectivity index (χ3v) is 14.5. The Balaban J connectivity index is 1.33. The monoisotopic (exact) mass is 877 g/mol. The number of aliphatic hydroxyl groups excluding tert-OH is 1. The van der Waals surface area contributed by atoms with Crippen molar-refractivity contribution >= 4 is 0 Å². The molecule has 356 valence electrons. The maximum absolute atomic E-state index is 11.4. The van der Waals surface area contributed by atoms with E-state index in [0.717, 1.165) is 42.4 Å². The minimum atomic E-state index is -0.707. The van der Waals surface area contributed by atoms with Crippen LogP contribution in [0, 0.1) is 35.5 Å². The average molecular weight is 877 g/mol. The van der Waals surface area contributed by atoms with Crippen LogP contribution < -0.4 is 0 Å². The van der Waals surface area contributed by atoms with Crippen molar-refractivity contribution in [1.29, 1.82) is 0 Å². The standard InChI is InChI=1S/C50H84O12/c1-15-39(53-9)34(7)36-28-50(52,29-36)33(6)22-18-21-31(4)46-41(55-11)26-44(57-13)49(62-46)60-24-23-59-42-27-43(56-12)48(58-14)61-47(42)32(5)20-17-19-30(3)45(51)38-25-37(38)35(8)40(16-2)54-10/h17-22,25,30,33-37,39-49,51-52H,15-16,23-24,26-29H2,1-14H3/b19-17+,22-18+,31-21+,32-20+/t30-,33-,34-,35-,36?,37-,39-,40-,41-,42+,43+,44+,45+,46+,47+,48+,49+,50?/m0/s1. The largest absolute Gasteiger partial charge is 0.389 e. The first-order chi connectivity index (χ1) is 29.6. The molecule has 2 heterocycles. The molecule has 0 aromatic rings. The molecule has 12 nitrogen and oxygen atoms in total. The first-order valence-corrected chi connectivity index (χ1v) is 23.2. The molecule has 0 bridgehead atoms. The number of hydrogen-bond donors (Lipinski definition) is 2. The highest BCUT2D eigenvalue weighted by molar-refractivity contribution is 5.35. The number of hydrogen-bond acceptors (Lipinski definition) is 12. The molecular formula is C50H84O12. The Kier molecular flexibility index (Phi) is 21.5. The van der Waals surface area contributed by atoms with E-state index in [9.17, 15) is 10.2 Å². The highest BCUT2D eigenvalue weighted by Gasteiger charge is 2.49. The fraction of sp³-hybridized carbons (Fsp3) is 0.800. The topological polar surface area (TPSA) is 133 Å². The van der Waals surface area contributed by atoms with Crippen LogP contribution in [-0.4, -0.2) is 139 Å². The molecule has 16 atom stereocenters. The lowest BCUT2D eigenvalue weighted by Crippen LogP contribution is -2.52. The highest BCUT2D eigenvalue weighted by Crippen LogP contribution is 2.48. The third kappa shape index (κ3) is 13.4. The molecule has 3 fully saturated rings. The molecule has 4 aliphatic rings.